The predicted octanol–water partition coefficient (Wildman–Crippen LogP) is 2.42. The average molecular weight is 320 g/mol. The molecule has 2 heterocycles. The van der Waals surface area contributed by atoms with E-state index < -0.39 is 0 Å². The number of nitrogens with one attached hydrogen (secondary N) is 1. The van der Waals surface area contributed by atoms with E-state index in [1.54, 1.807) is 4.90 Å². The van der Waals surface area contributed by atoms with Gasteiger partial charge in [-0.3, -0.25) is 0 Å². The maximum absolute atomic E-state index is 12.3. The van der Waals surface area contributed by atoms with E-state index in [0.29, 0.717) is 44.3 Å². The van der Waals surface area contributed by atoms with Crippen LogP contribution >= 0.6 is 0 Å². The summed E-state index contributed by atoms with van der Waals surface area (Å²) in [6.07, 6.45) is 2.27. The van der Waals surface area contributed by atoms with Crippen LogP contribution in [0.15, 0.2) is 18.2 Å². The van der Waals surface area contributed by atoms with Crippen molar-refractivity contribution in [3.63, 3.8) is 0 Å². The van der Waals surface area contributed by atoms with Gasteiger partial charge in [-0.15, -0.1) is 0 Å². The van der Waals surface area contributed by atoms with Gasteiger partial charge in [-0.05, 0) is 37.5 Å². The van der Waals surface area contributed by atoms with Gasteiger partial charge in [0, 0.05) is 19.7 Å². The third-order valence-corrected chi connectivity index (χ3v) is 4.13. The predicted molar refractivity (Wildman–Crippen MR) is 87.1 cm³/mol. The van der Waals surface area contributed by atoms with Crippen molar-refractivity contribution in [3.05, 3.63) is 23.8 Å². The summed E-state index contributed by atoms with van der Waals surface area (Å²) in [5.41, 5.74) is 1.79. The summed E-state index contributed by atoms with van der Waals surface area (Å²) in [4.78, 5) is 14.1. The van der Waals surface area contributed by atoms with Crippen molar-refractivity contribution >= 4 is 11.7 Å². The molecule has 0 aromatic heterocycles. The Morgan fingerprint density at radius 1 is 1.35 bits per heavy atom. The number of benzene rings is 1. The van der Waals surface area contributed by atoms with Crippen molar-refractivity contribution in [2.75, 3.05) is 44.8 Å². The lowest BCUT2D eigenvalue weighted by Gasteiger charge is -2.27. The summed E-state index contributed by atoms with van der Waals surface area (Å²) in [5, 5.41) is 2.95. The van der Waals surface area contributed by atoms with Gasteiger partial charge in [0.2, 0.25) is 0 Å². The molecule has 2 fully saturated rings. The summed E-state index contributed by atoms with van der Waals surface area (Å²) in [6, 6.07) is 5.69. The fourth-order valence-corrected chi connectivity index (χ4v) is 2.77. The minimum absolute atomic E-state index is 0.112. The molecule has 3 rings (SSSR count). The highest BCUT2D eigenvalue weighted by atomic mass is 16.5. The highest BCUT2D eigenvalue weighted by Gasteiger charge is 2.20. The average Bonchev–Trinajstić information content (AvgIpc) is 3.09. The fraction of sp³-hybridized carbons (Fsp3) is 0.588. The highest BCUT2D eigenvalue weighted by Crippen LogP contribution is 2.27. The number of nitrogens with zero attached hydrogens (tertiary/aromatic N) is 1. The number of amides is 2. The van der Waals surface area contributed by atoms with Crippen LogP contribution in [0.25, 0.3) is 0 Å². The van der Waals surface area contributed by atoms with Crippen molar-refractivity contribution in [2.45, 2.75) is 25.9 Å². The summed E-state index contributed by atoms with van der Waals surface area (Å²) >= 11 is 0. The Labute approximate surface area is 136 Å². The Bertz CT molecular complexity index is 537. The second-order valence-electron chi connectivity index (χ2n) is 5.98. The molecule has 0 aliphatic carbocycles. The smallest absolute Gasteiger partial charge is 0.322 e. The van der Waals surface area contributed by atoms with E-state index in [0.717, 1.165) is 25.0 Å². The number of carbonyl (C=O) groups is 1. The Morgan fingerprint density at radius 3 is 2.91 bits per heavy atom. The number of rotatable bonds is 4. The Kier molecular flexibility index (Phi) is 5.35. The lowest BCUT2D eigenvalue weighted by Crippen LogP contribution is -2.43. The number of aryl methyl sites for hydroxylation is 1. The van der Waals surface area contributed by atoms with Crippen molar-refractivity contribution in [1.29, 1.82) is 0 Å². The van der Waals surface area contributed by atoms with Gasteiger partial charge in [-0.1, -0.05) is 6.07 Å². The molecule has 1 aromatic rings. The molecular weight excluding hydrogens is 296 g/mol. The van der Waals surface area contributed by atoms with Crippen LogP contribution in [-0.2, 0) is 9.47 Å². The van der Waals surface area contributed by atoms with E-state index in [-0.39, 0.29) is 12.1 Å². The summed E-state index contributed by atoms with van der Waals surface area (Å²) < 4.78 is 16.8. The van der Waals surface area contributed by atoms with Crippen molar-refractivity contribution in [2.24, 2.45) is 0 Å². The van der Waals surface area contributed by atoms with Crippen LogP contribution in [0.4, 0.5) is 10.5 Å². The highest BCUT2D eigenvalue weighted by molar-refractivity contribution is 5.91. The van der Waals surface area contributed by atoms with E-state index >= 15 is 0 Å². The van der Waals surface area contributed by atoms with E-state index in [4.69, 9.17) is 14.2 Å². The largest absolute Gasteiger partial charge is 0.489 e. The zero-order valence-corrected chi connectivity index (χ0v) is 13.5. The Balaban J connectivity index is 1.63. The van der Waals surface area contributed by atoms with E-state index in [9.17, 15) is 4.79 Å². The number of hydrogen-bond acceptors (Lipinski definition) is 4. The molecule has 0 radical (unpaired) electrons. The van der Waals surface area contributed by atoms with Crippen molar-refractivity contribution in [1.82, 2.24) is 4.90 Å². The number of urea groups is 1. The molecule has 1 aromatic carbocycles. The normalized spacial score (nSPS) is 21.3. The maximum Gasteiger partial charge on any atom is 0.322 e. The van der Waals surface area contributed by atoms with E-state index in [1.165, 1.54) is 0 Å². The second kappa shape index (κ2) is 7.66. The van der Waals surface area contributed by atoms with Gasteiger partial charge < -0.3 is 24.4 Å². The molecule has 2 amide bonds. The SMILES string of the molecule is Cc1ccc(NC(=O)N2CCOCC2)c(OCC2CCCO2)c1. The first-order chi connectivity index (χ1) is 11.2. The van der Waals surface area contributed by atoms with E-state index in [1.807, 2.05) is 25.1 Å². The van der Waals surface area contributed by atoms with Crippen LogP contribution in [0.1, 0.15) is 18.4 Å². The minimum atomic E-state index is -0.112. The number of hydrogen-bond donors (Lipinski definition) is 1. The Morgan fingerprint density at radius 2 is 2.17 bits per heavy atom. The number of anilines is 1. The van der Waals surface area contributed by atoms with Crippen LogP contribution in [0.2, 0.25) is 0 Å². The minimum Gasteiger partial charge on any atom is -0.489 e. The first kappa shape index (κ1) is 16.1. The van der Waals surface area contributed by atoms with Crippen LogP contribution in [0, 0.1) is 6.92 Å². The zero-order valence-electron chi connectivity index (χ0n) is 13.5. The number of morpholine rings is 1. The summed E-state index contributed by atoms with van der Waals surface area (Å²) in [5.74, 6) is 0.696. The van der Waals surface area contributed by atoms with E-state index in [2.05, 4.69) is 5.32 Å². The van der Waals surface area contributed by atoms with Crippen LogP contribution in [-0.4, -0.2) is 56.6 Å². The molecule has 23 heavy (non-hydrogen) atoms. The molecule has 6 nitrogen and oxygen atoms in total. The fourth-order valence-electron chi connectivity index (χ4n) is 2.77. The molecule has 2 aliphatic heterocycles. The molecule has 0 spiro atoms. The van der Waals surface area contributed by atoms with Crippen molar-refractivity contribution < 1.29 is 19.0 Å². The zero-order chi connectivity index (χ0) is 16.1. The molecule has 126 valence electrons. The molecule has 1 atom stereocenters. The Hall–Kier alpha value is -1.79. The third kappa shape index (κ3) is 4.36. The molecule has 1 N–H and O–H groups in total. The number of carbonyl (C=O) groups excluding carboxylic acids is 1. The summed E-state index contributed by atoms with van der Waals surface area (Å²) in [6.45, 7) is 5.74. The topological polar surface area (TPSA) is 60.0 Å². The van der Waals surface area contributed by atoms with Gasteiger partial charge in [0.25, 0.3) is 0 Å². The van der Waals surface area contributed by atoms with Gasteiger partial charge in [0.15, 0.2) is 0 Å². The number of ether oxygens (including phenoxy) is 3. The molecule has 6 heteroatoms. The quantitative estimate of drug-likeness (QED) is 0.925. The van der Waals surface area contributed by atoms with Crippen molar-refractivity contribution in [3.8, 4) is 5.75 Å². The van der Waals surface area contributed by atoms with Gasteiger partial charge >= 0.3 is 6.03 Å². The van der Waals surface area contributed by atoms with Gasteiger partial charge in [-0.25, -0.2) is 4.79 Å². The van der Waals surface area contributed by atoms with Gasteiger partial charge in [0.1, 0.15) is 12.4 Å². The molecule has 0 saturated carbocycles. The molecule has 0 bridgehead atoms. The van der Waals surface area contributed by atoms with Crippen LogP contribution in [0.3, 0.4) is 0 Å². The second-order valence-corrected chi connectivity index (χ2v) is 5.98. The molecular formula is C17H24N2O4. The van der Waals surface area contributed by atoms with Gasteiger partial charge in [-0.2, -0.15) is 0 Å². The lowest BCUT2D eigenvalue weighted by atomic mass is 10.2. The lowest BCUT2D eigenvalue weighted by molar-refractivity contribution is 0.0564. The summed E-state index contributed by atoms with van der Waals surface area (Å²) in [7, 11) is 0. The van der Waals surface area contributed by atoms with Crippen LogP contribution < -0.4 is 10.1 Å². The van der Waals surface area contributed by atoms with Crippen LogP contribution in [0.5, 0.6) is 5.75 Å². The maximum atomic E-state index is 12.3. The molecule has 1 unspecified atom stereocenters. The molecule has 2 saturated heterocycles. The molecule has 2 aliphatic rings. The standard InChI is InChI=1S/C17H24N2O4/c1-13-4-5-15(18-17(20)19-6-9-21-10-7-19)16(11-13)23-12-14-3-2-8-22-14/h4-5,11,14H,2-3,6-10,12H2,1H3,(H,18,20). The van der Waals surface area contributed by atoms with Gasteiger partial charge in [0.05, 0.1) is 25.0 Å². The monoisotopic (exact) mass is 320 g/mol. The first-order valence-corrected chi connectivity index (χ1v) is 8.21. The third-order valence-electron chi connectivity index (χ3n) is 4.13. The first-order valence-electron chi connectivity index (χ1n) is 8.21.